The van der Waals surface area contributed by atoms with Crippen molar-refractivity contribution in [3.63, 3.8) is 0 Å². The number of anilines is 1. The number of amidine groups is 1. The second-order valence-electron chi connectivity index (χ2n) is 7.03. The summed E-state index contributed by atoms with van der Waals surface area (Å²) in [5, 5.41) is 2.97. The molecule has 2 aromatic carbocycles. The highest BCUT2D eigenvalue weighted by atomic mass is 32.2. The molecule has 1 amide bonds. The van der Waals surface area contributed by atoms with Crippen molar-refractivity contribution in [2.75, 3.05) is 11.9 Å². The molecular formula is C20H21N3O3S. The van der Waals surface area contributed by atoms with Gasteiger partial charge in [0.25, 0.3) is 10.0 Å². The summed E-state index contributed by atoms with van der Waals surface area (Å²) in [6.07, 6.45) is 1.48. The second kappa shape index (κ2) is 6.49. The van der Waals surface area contributed by atoms with Crippen LogP contribution in [0.2, 0.25) is 0 Å². The topological polar surface area (TPSA) is 78.8 Å². The summed E-state index contributed by atoms with van der Waals surface area (Å²) in [6.45, 7) is 4.63. The third-order valence-corrected chi connectivity index (χ3v) is 6.54. The van der Waals surface area contributed by atoms with Gasteiger partial charge >= 0.3 is 0 Å². The number of rotatable bonds is 2. The first-order valence-corrected chi connectivity index (χ1v) is 10.4. The van der Waals surface area contributed by atoms with Crippen LogP contribution in [0.3, 0.4) is 0 Å². The van der Waals surface area contributed by atoms with Crippen molar-refractivity contribution in [1.82, 2.24) is 4.90 Å². The van der Waals surface area contributed by atoms with Gasteiger partial charge in [0.05, 0.1) is 0 Å². The molecule has 27 heavy (non-hydrogen) atoms. The Morgan fingerprint density at radius 1 is 1.15 bits per heavy atom. The van der Waals surface area contributed by atoms with E-state index in [1.165, 1.54) is 0 Å². The largest absolute Gasteiger partial charge is 0.343 e. The molecule has 6 nitrogen and oxygen atoms in total. The highest BCUT2D eigenvalue weighted by molar-refractivity contribution is 7.90. The zero-order valence-electron chi connectivity index (χ0n) is 15.3. The fourth-order valence-electron chi connectivity index (χ4n) is 3.63. The summed E-state index contributed by atoms with van der Waals surface area (Å²) < 4.78 is 28.7. The van der Waals surface area contributed by atoms with Crippen LogP contribution >= 0.6 is 0 Å². The lowest BCUT2D eigenvalue weighted by Gasteiger charge is -2.25. The standard InChI is InChI=1S/C20H21N3O3S/c1-13-9-10-15(12-14(13)2)21-20(24)17-7-5-11-23(17)19-16-6-3-4-8-18(16)27(25,26)22-19/h3-4,6,8-10,12,17H,5,7,11H2,1-2H3,(H,21,24)/t17-/m0/s1. The maximum absolute atomic E-state index is 12.9. The Morgan fingerprint density at radius 3 is 2.70 bits per heavy atom. The summed E-state index contributed by atoms with van der Waals surface area (Å²) in [6, 6.07) is 12.1. The molecule has 0 radical (unpaired) electrons. The average molecular weight is 383 g/mol. The first-order valence-electron chi connectivity index (χ1n) is 8.96. The van der Waals surface area contributed by atoms with Crippen LogP contribution in [0.5, 0.6) is 0 Å². The van der Waals surface area contributed by atoms with E-state index in [-0.39, 0.29) is 10.8 Å². The number of nitrogens with one attached hydrogen (secondary N) is 1. The molecule has 140 valence electrons. The Balaban J connectivity index is 1.61. The number of aryl methyl sites for hydroxylation is 2. The van der Waals surface area contributed by atoms with E-state index >= 15 is 0 Å². The van der Waals surface area contributed by atoms with Crippen molar-refractivity contribution in [3.8, 4) is 0 Å². The predicted molar refractivity (Wildman–Crippen MR) is 104 cm³/mol. The Kier molecular flexibility index (Phi) is 4.26. The lowest BCUT2D eigenvalue weighted by Crippen LogP contribution is -2.43. The number of hydrogen-bond acceptors (Lipinski definition) is 4. The number of sulfonamides is 1. The van der Waals surface area contributed by atoms with Crippen LogP contribution in [0, 0.1) is 13.8 Å². The van der Waals surface area contributed by atoms with Gasteiger partial charge in [0.15, 0.2) is 5.84 Å². The molecule has 0 unspecified atom stereocenters. The molecule has 1 N–H and O–H groups in total. The lowest BCUT2D eigenvalue weighted by atomic mass is 10.1. The Bertz CT molecular complexity index is 1060. The number of carbonyl (C=O) groups excluding carboxylic acids is 1. The van der Waals surface area contributed by atoms with E-state index in [1.54, 1.807) is 24.3 Å². The van der Waals surface area contributed by atoms with Crippen molar-refractivity contribution in [2.24, 2.45) is 4.40 Å². The van der Waals surface area contributed by atoms with Gasteiger partial charge in [-0.2, -0.15) is 8.42 Å². The summed E-state index contributed by atoms with van der Waals surface area (Å²) in [7, 11) is -3.70. The van der Waals surface area contributed by atoms with Gasteiger partial charge in [-0.3, -0.25) is 4.79 Å². The number of hydrogen-bond donors (Lipinski definition) is 1. The molecule has 1 fully saturated rings. The minimum atomic E-state index is -3.70. The van der Waals surface area contributed by atoms with Crippen molar-refractivity contribution >= 4 is 27.5 Å². The number of nitrogens with zero attached hydrogens (tertiary/aromatic N) is 2. The van der Waals surface area contributed by atoms with Crippen LogP contribution in [0.15, 0.2) is 51.8 Å². The van der Waals surface area contributed by atoms with Crippen molar-refractivity contribution in [1.29, 1.82) is 0 Å². The number of amides is 1. The smallest absolute Gasteiger partial charge is 0.285 e. The van der Waals surface area contributed by atoms with Gasteiger partial charge in [-0.1, -0.05) is 18.2 Å². The molecule has 0 aliphatic carbocycles. The molecule has 2 aliphatic rings. The predicted octanol–water partition coefficient (Wildman–Crippen LogP) is 2.86. The lowest BCUT2D eigenvalue weighted by molar-refractivity contribution is -0.119. The molecule has 2 aliphatic heterocycles. The molecular weight excluding hydrogens is 362 g/mol. The number of carbonyl (C=O) groups is 1. The minimum absolute atomic E-state index is 0.139. The van der Waals surface area contributed by atoms with Crippen molar-refractivity contribution in [2.45, 2.75) is 37.6 Å². The van der Waals surface area contributed by atoms with Crippen molar-refractivity contribution in [3.05, 3.63) is 59.2 Å². The Hall–Kier alpha value is -2.67. The van der Waals surface area contributed by atoms with Crippen LogP contribution < -0.4 is 5.32 Å². The zero-order chi connectivity index (χ0) is 19.2. The summed E-state index contributed by atoms with van der Waals surface area (Å²) in [4.78, 5) is 14.9. The van der Waals surface area contributed by atoms with E-state index in [0.29, 0.717) is 24.4 Å². The van der Waals surface area contributed by atoms with E-state index < -0.39 is 16.1 Å². The normalized spacial score (nSPS) is 20.3. The molecule has 0 saturated carbocycles. The van der Waals surface area contributed by atoms with Gasteiger partial charge in [-0.05, 0) is 62.1 Å². The van der Waals surface area contributed by atoms with Gasteiger partial charge < -0.3 is 10.2 Å². The average Bonchev–Trinajstić information content (AvgIpc) is 3.21. The maximum Gasteiger partial charge on any atom is 0.285 e. The van der Waals surface area contributed by atoms with Gasteiger partial charge in [-0.25, -0.2) is 0 Å². The minimum Gasteiger partial charge on any atom is -0.343 e. The van der Waals surface area contributed by atoms with E-state index in [1.807, 2.05) is 36.9 Å². The molecule has 2 aromatic rings. The van der Waals surface area contributed by atoms with Crippen LogP contribution in [0.25, 0.3) is 0 Å². The number of benzene rings is 2. The SMILES string of the molecule is Cc1ccc(NC(=O)[C@@H]2CCCN2C2=NS(=O)(=O)c3ccccc32)cc1C. The van der Waals surface area contributed by atoms with E-state index in [0.717, 1.165) is 23.2 Å². The van der Waals surface area contributed by atoms with E-state index in [9.17, 15) is 13.2 Å². The van der Waals surface area contributed by atoms with Crippen LogP contribution in [0.1, 0.15) is 29.5 Å². The fraction of sp³-hybridized carbons (Fsp3) is 0.300. The quantitative estimate of drug-likeness (QED) is 0.865. The molecule has 2 heterocycles. The van der Waals surface area contributed by atoms with Crippen LogP contribution in [0.4, 0.5) is 5.69 Å². The first kappa shape index (κ1) is 17.7. The summed E-state index contributed by atoms with van der Waals surface area (Å²) in [5.41, 5.74) is 3.59. The molecule has 7 heteroatoms. The fourth-order valence-corrected chi connectivity index (χ4v) is 4.85. The van der Waals surface area contributed by atoms with Gasteiger partial charge in [0.2, 0.25) is 5.91 Å². The zero-order valence-corrected chi connectivity index (χ0v) is 16.1. The number of fused-ring (bicyclic) bond motifs is 1. The van der Waals surface area contributed by atoms with Gasteiger partial charge in [0.1, 0.15) is 10.9 Å². The Morgan fingerprint density at radius 2 is 1.93 bits per heavy atom. The third-order valence-electron chi connectivity index (χ3n) is 5.21. The second-order valence-corrected chi connectivity index (χ2v) is 8.60. The van der Waals surface area contributed by atoms with Gasteiger partial charge in [-0.15, -0.1) is 4.40 Å². The first-order chi connectivity index (χ1) is 12.9. The summed E-state index contributed by atoms with van der Waals surface area (Å²) >= 11 is 0. The van der Waals surface area contributed by atoms with Crippen molar-refractivity contribution < 1.29 is 13.2 Å². The monoisotopic (exact) mass is 383 g/mol. The maximum atomic E-state index is 12.9. The summed E-state index contributed by atoms with van der Waals surface area (Å²) in [5.74, 6) is 0.239. The highest BCUT2D eigenvalue weighted by Gasteiger charge is 2.39. The van der Waals surface area contributed by atoms with E-state index in [4.69, 9.17) is 0 Å². The van der Waals surface area contributed by atoms with Gasteiger partial charge in [0, 0.05) is 17.8 Å². The molecule has 0 aromatic heterocycles. The van der Waals surface area contributed by atoms with E-state index in [2.05, 4.69) is 9.71 Å². The molecule has 4 rings (SSSR count). The molecule has 0 bridgehead atoms. The molecule has 1 saturated heterocycles. The van der Waals surface area contributed by atoms with Crippen LogP contribution in [-0.4, -0.2) is 37.6 Å². The van der Waals surface area contributed by atoms with Crippen LogP contribution in [-0.2, 0) is 14.8 Å². The third kappa shape index (κ3) is 3.12. The Labute approximate surface area is 159 Å². The number of likely N-dealkylation sites (tertiary alicyclic amines) is 1. The highest BCUT2D eigenvalue weighted by Crippen LogP contribution is 2.31. The molecule has 1 atom stereocenters. The molecule has 0 spiro atoms.